The summed E-state index contributed by atoms with van der Waals surface area (Å²) < 4.78 is 40.0. The van der Waals surface area contributed by atoms with E-state index in [9.17, 15) is 58.5 Å². The zero-order valence-corrected chi connectivity index (χ0v) is 80.3. The molecule has 6 aromatic rings. The number of carbonyl (C=O) groups excluding carboxylic acids is 8. The molecule has 4 saturated carbocycles. The number of rotatable bonds is 21. The van der Waals surface area contributed by atoms with Gasteiger partial charge in [0.15, 0.2) is 21.4 Å². The number of benzene rings is 5. The van der Waals surface area contributed by atoms with E-state index in [-0.39, 0.29) is 196 Å². The third-order valence-corrected chi connectivity index (χ3v) is 26.5. The summed E-state index contributed by atoms with van der Waals surface area (Å²) in [5.74, 6) is -4.31. The predicted molar refractivity (Wildman–Crippen MR) is 432 cm³/mol. The van der Waals surface area contributed by atoms with E-state index in [1.54, 1.807) is 41.5 Å². The minimum absolute atomic E-state index is 0. The van der Waals surface area contributed by atoms with Crippen LogP contribution in [-0.4, -0.2) is 155 Å². The van der Waals surface area contributed by atoms with Crippen LogP contribution in [0.4, 0.5) is 4.79 Å². The van der Waals surface area contributed by atoms with Crippen LogP contribution in [0.15, 0.2) is 140 Å². The Balaban J connectivity index is 0.000000331. The first-order valence-electron chi connectivity index (χ1n) is 39.8. The van der Waals surface area contributed by atoms with Crippen molar-refractivity contribution in [3.05, 3.63) is 147 Å². The van der Waals surface area contributed by atoms with Gasteiger partial charge in [0, 0.05) is 104 Å². The van der Waals surface area contributed by atoms with Gasteiger partial charge >= 0.3 is 126 Å². The number of halogens is 1. The predicted octanol–water partition coefficient (Wildman–Crippen LogP) is 6.46. The molecule has 1 aliphatic heterocycles. The van der Waals surface area contributed by atoms with Gasteiger partial charge in [0.05, 0.1) is 36.4 Å². The number of aliphatic carboxylic acids is 4. The number of nitrogens with zero attached hydrogens (tertiary/aromatic N) is 1. The molecule has 1 unspecified atom stereocenters. The quantitative estimate of drug-likeness (QED) is 0.0197. The van der Waals surface area contributed by atoms with Gasteiger partial charge in [-0.25, -0.2) is 4.79 Å². The number of nitrogens with one attached hydrogen (secondary N) is 1. The largest absolute Gasteiger partial charge is 1.00 e. The van der Waals surface area contributed by atoms with E-state index in [4.69, 9.17) is 43.7 Å². The van der Waals surface area contributed by atoms with Gasteiger partial charge in [-0.05, 0) is 208 Å². The molecular formula is C90H124CsIN2O21S. The number of thiophene rings is 1. The van der Waals surface area contributed by atoms with E-state index in [1.165, 1.54) is 53.0 Å². The zero-order chi connectivity index (χ0) is 85.7. The minimum atomic E-state index is -1.69. The summed E-state index contributed by atoms with van der Waals surface area (Å²) in [7, 11) is 0.0594. The number of esters is 4. The van der Waals surface area contributed by atoms with E-state index in [2.05, 4.69) is 171 Å². The Bertz CT molecular complexity index is 3930. The van der Waals surface area contributed by atoms with Gasteiger partial charge in [-0.3, -0.25) is 28.9 Å². The van der Waals surface area contributed by atoms with Gasteiger partial charge in [0.2, 0.25) is 0 Å². The summed E-state index contributed by atoms with van der Waals surface area (Å²) in [4.78, 5) is 104. The van der Waals surface area contributed by atoms with Crippen molar-refractivity contribution in [1.29, 1.82) is 0 Å². The molecule has 23 nitrogen and oxygen atoms in total. The first kappa shape index (κ1) is 102. The van der Waals surface area contributed by atoms with Crippen LogP contribution in [0.1, 0.15) is 194 Å². The summed E-state index contributed by atoms with van der Waals surface area (Å²) in [6.07, 6.45) is 8.40. The van der Waals surface area contributed by atoms with Crippen LogP contribution in [0.2, 0.25) is 0 Å². The molecule has 5 fully saturated rings. The fourth-order valence-corrected chi connectivity index (χ4v) is 20.3. The number of aliphatic hydroxyl groups is 2. The smallest absolute Gasteiger partial charge is 0.550 e. The fraction of sp³-hybridized carbons (Fsp3) is 0.567. The third kappa shape index (κ3) is 33.5. The Labute approximate surface area is 757 Å². The van der Waals surface area contributed by atoms with Crippen molar-refractivity contribution in [2.45, 2.75) is 229 Å². The summed E-state index contributed by atoms with van der Waals surface area (Å²) >= 11 is 0.0287. The summed E-state index contributed by atoms with van der Waals surface area (Å²) in [6, 6.07) is 49.8. The number of fused-ring (bicyclic) bond motifs is 8. The normalized spacial score (nSPS) is 22.2. The number of amides is 1. The monoisotopic (exact) mass is 1860 g/mol. The second kappa shape index (κ2) is 48.4. The molecule has 1 aromatic heterocycles. The average Bonchev–Trinajstić information content (AvgIpc) is 1.32. The first-order valence-corrected chi connectivity index (χ1v) is 43.2. The van der Waals surface area contributed by atoms with Crippen molar-refractivity contribution in [3.63, 3.8) is 0 Å². The molecule has 0 radical (unpaired) electrons. The molecule has 5 aliphatic rings. The summed E-state index contributed by atoms with van der Waals surface area (Å²) in [5.41, 5.74) is -4.90. The summed E-state index contributed by atoms with van der Waals surface area (Å²) in [5, 5.41) is 59.9. The maximum Gasteiger partial charge on any atom is 1.00 e. The Hall–Kier alpha value is -6.03. The summed E-state index contributed by atoms with van der Waals surface area (Å²) in [6.45, 7) is 31.0. The molecule has 4 aliphatic carbocycles. The maximum absolute atomic E-state index is 12.8. The van der Waals surface area contributed by atoms with E-state index < -0.39 is 52.2 Å². The Morgan fingerprint density at radius 1 is 0.612 bits per heavy atom. The topological polar surface area (TPSA) is 354 Å². The van der Waals surface area contributed by atoms with Gasteiger partial charge in [0.25, 0.3) is 0 Å². The van der Waals surface area contributed by atoms with Crippen LogP contribution in [0, 0.1) is 58.9 Å². The van der Waals surface area contributed by atoms with Crippen molar-refractivity contribution in [1.82, 2.24) is 10.2 Å². The van der Waals surface area contributed by atoms with Gasteiger partial charge < -0.3 is 78.8 Å². The van der Waals surface area contributed by atoms with Crippen molar-refractivity contribution in [2.75, 3.05) is 46.0 Å². The molecule has 11 atom stereocenters. The average molecular weight is 1860 g/mol. The van der Waals surface area contributed by atoms with Crippen LogP contribution in [0.5, 0.6) is 0 Å². The van der Waals surface area contributed by atoms with Gasteiger partial charge in [-0.15, -0.1) is 0 Å². The molecule has 1 saturated heterocycles. The number of morpholine rings is 1. The number of carboxylic acids is 4. The SMILES string of the molecule is CC(=O)O[C@@H]1CC[C@@]2(C)[C@@H](C1)C[C@@H](OC(C)=O)[C@@H]1[C@@H]2C[C@H](OC(C)=O)[C@]2(C)[C@@H](C(C)CCC(=O)OCCN3CCOCC3)CC[C@@H]12.CC(C)(C)C(=O)[O-].CC(C)(C)OC(=O)NCCCCCC(=O)O.CC(C)(O)C(=O)[O-].CC(C)(O)C(=O)[O-].[Cs+].c1ccc(-[s+]2c3ccccc3c3ccccc32)cc1.c1ccc([I+]c2ccccc2)cc1. The number of hydrogen-bond acceptors (Lipinski definition) is 21. The number of carbonyl (C=O) groups is 9. The van der Waals surface area contributed by atoms with Crippen molar-refractivity contribution < 1.29 is 192 Å². The molecule has 2 heterocycles. The number of hydrogen-bond donors (Lipinski definition) is 4. The molecule has 5 aromatic carbocycles. The molecule has 116 heavy (non-hydrogen) atoms. The van der Waals surface area contributed by atoms with E-state index in [0.717, 1.165) is 125 Å². The molecule has 1 amide bonds. The number of ether oxygens (including phenoxy) is 6. The molecule has 26 heteroatoms. The molecular weight excluding hydrogens is 1740 g/mol. The van der Waals surface area contributed by atoms with Crippen molar-refractivity contribution >= 4 is 84.5 Å². The number of carboxylic acid groups (broad SMARTS) is 4. The Kier molecular flexibility index (Phi) is 42.7. The third-order valence-electron chi connectivity index (χ3n) is 21.5. The molecule has 0 bridgehead atoms. The van der Waals surface area contributed by atoms with Crippen LogP contribution >= 0.6 is 10.5 Å². The van der Waals surface area contributed by atoms with Gasteiger partial charge in [-0.1, -0.05) is 127 Å². The van der Waals surface area contributed by atoms with Crippen molar-refractivity contribution in [3.8, 4) is 4.90 Å². The number of alkyl carbamates (subject to hydrolysis) is 1. The standard InChI is InChI=1S/C36H57NO9.C18H13S.C12H10I.C11H21NO4.C5H10O2.2C4H8O3.Cs/c1-22(7-10-33(41)43-18-15-37-13-16-42-17-14-37)28-8-9-29-34-30(21-32(36(28,29)6)46-25(4)40)35(5)12-11-27(44-23(2)38)19-26(35)20-31(34)45-24(3)39;1-2-8-14(9-3-1)19-17-12-6-4-10-15(17)16-11-5-7-13-18(16)19;1-3-7-11(8-4-1)13-12-9-5-2-6-10-12;1-11(2,3)16-10(15)12-8-6-4-5-7-9(13)14;1-5(2,3)4(6)7;2*1-4(2,7)3(5)6;/h22,26-32,34H,7-21H2,1-6H3;1-13H;1-10H;4-8H2,1-3H3,(H,12,15)(H,13,14);1-3H3,(H,6,7);2*7H,1-2H3,(H,5,6);/q;2*+1;;;;;+1/p-3/t22?,26-,27+,28+,29-,30-,31+,32-,34-,35-,36+;;;;;;;/m0......./s1. The van der Waals surface area contributed by atoms with Crippen LogP contribution in [0.25, 0.3) is 25.1 Å². The fourth-order valence-electron chi connectivity index (χ4n) is 15.7. The van der Waals surface area contributed by atoms with Crippen molar-refractivity contribution in [2.24, 2.45) is 51.8 Å². The molecule has 11 rings (SSSR count). The van der Waals surface area contributed by atoms with Crippen LogP contribution in [-0.2, 0) is 66.8 Å². The molecule has 4 N–H and O–H groups in total. The second-order valence-corrected chi connectivity index (χ2v) is 38.6. The van der Waals surface area contributed by atoms with E-state index in [0.29, 0.717) is 26.0 Å². The first-order chi connectivity index (χ1) is 53.9. The molecule has 0 spiro atoms. The van der Waals surface area contributed by atoms with Gasteiger partial charge in [-0.2, -0.15) is 0 Å². The van der Waals surface area contributed by atoms with E-state index in [1.807, 2.05) is 0 Å². The minimum Gasteiger partial charge on any atom is -0.550 e. The maximum atomic E-state index is 12.8. The zero-order valence-electron chi connectivity index (χ0n) is 71.0. The van der Waals surface area contributed by atoms with E-state index >= 15 is 0 Å². The Morgan fingerprint density at radius 2 is 1.09 bits per heavy atom. The molecule has 634 valence electrons. The second-order valence-electron chi connectivity index (χ2n) is 33.6. The Morgan fingerprint density at radius 3 is 1.56 bits per heavy atom. The van der Waals surface area contributed by atoms with Gasteiger partial charge in [0.1, 0.15) is 30.5 Å². The number of unbranched alkanes of at least 4 members (excludes halogenated alkanes) is 2. The van der Waals surface area contributed by atoms with Crippen LogP contribution < -0.4 is 111 Å². The van der Waals surface area contributed by atoms with Crippen LogP contribution in [0.3, 0.4) is 0 Å².